The summed E-state index contributed by atoms with van der Waals surface area (Å²) in [5.41, 5.74) is 1.08. The van der Waals surface area contributed by atoms with Crippen LogP contribution >= 0.6 is 0 Å². The van der Waals surface area contributed by atoms with Gasteiger partial charge in [-0.05, 0) is 19.4 Å². The number of ether oxygens (including phenoxy) is 3. The van der Waals surface area contributed by atoms with Gasteiger partial charge in [0.15, 0.2) is 11.5 Å². The minimum atomic E-state index is 0.645. The fourth-order valence-corrected chi connectivity index (χ4v) is 1.57. The van der Waals surface area contributed by atoms with Crippen LogP contribution in [0.25, 0.3) is 0 Å². The summed E-state index contributed by atoms with van der Waals surface area (Å²) < 4.78 is 15.9. The van der Waals surface area contributed by atoms with Crippen LogP contribution in [-0.2, 0) is 6.42 Å². The lowest BCUT2D eigenvalue weighted by atomic mass is 10.1. The van der Waals surface area contributed by atoms with Gasteiger partial charge in [0.25, 0.3) is 0 Å². The summed E-state index contributed by atoms with van der Waals surface area (Å²) in [7, 11) is 4.86. The van der Waals surface area contributed by atoms with Crippen LogP contribution in [-0.4, -0.2) is 21.3 Å². The van der Waals surface area contributed by atoms with Crippen molar-refractivity contribution in [2.75, 3.05) is 21.3 Å². The van der Waals surface area contributed by atoms with Gasteiger partial charge in [0.1, 0.15) is 0 Å². The molecule has 0 heterocycles. The second-order valence-electron chi connectivity index (χ2n) is 3.27. The number of hydrogen-bond acceptors (Lipinski definition) is 3. The zero-order valence-corrected chi connectivity index (χ0v) is 10.2. The van der Waals surface area contributed by atoms with E-state index in [-0.39, 0.29) is 0 Å². The molecule has 1 rings (SSSR count). The highest BCUT2D eigenvalue weighted by atomic mass is 16.5. The maximum absolute atomic E-state index is 5.37. The minimum Gasteiger partial charge on any atom is -0.493 e. The Morgan fingerprint density at radius 2 is 1.69 bits per heavy atom. The smallest absolute Gasteiger partial charge is 0.203 e. The Bertz CT molecular complexity index is 370. The van der Waals surface area contributed by atoms with Gasteiger partial charge < -0.3 is 14.2 Å². The van der Waals surface area contributed by atoms with Gasteiger partial charge >= 0.3 is 0 Å². The summed E-state index contributed by atoms with van der Waals surface area (Å²) in [5.74, 6) is 2.07. The normalized spacial score (nSPS) is 10.5. The monoisotopic (exact) mass is 222 g/mol. The zero-order valence-electron chi connectivity index (χ0n) is 10.2. The van der Waals surface area contributed by atoms with Crippen molar-refractivity contribution >= 4 is 0 Å². The molecule has 3 nitrogen and oxygen atoms in total. The second-order valence-corrected chi connectivity index (χ2v) is 3.27. The van der Waals surface area contributed by atoms with Crippen molar-refractivity contribution in [3.8, 4) is 17.2 Å². The minimum absolute atomic E-state index is 0.645. The molecule has 0 bridgehead atoms. The third-order valence-electron chi connectivity index (χ3n) is 2.36. The Kier molecular flexibility index (Phi) is 4.70. The molecule has 0 spiro atoms. The molecule has 1 aromatic carbocycles. The SMILES string of the molecule is CC=CCc1ccc(OC)c(OC)c1OC. The summed E-state index contributed by atoms with van der Waals surface area (Å²) in [4.78, 5) is 0. The summed E-state index contributed by atoms with van der Waals surface area (Å²) in [6.45, 7) is 1.99. The van der Waals surface area contributed by atoms with Crippen LogP contribution in [0.15, 0.2) is 24.3 Å². The van der Waals surface area contributed by atoms with E-state index in [0.29, 0.717) is 11.5 Å². The van der Waals surface area contributed by atoms with Crippen molar-refractivity contribution in [1.82, 2.24) is 0 Å². The average Bonchev–Trinajstić information content (AvgIpc) is 2.34. The van der Waals surface area contributed by atoms with Crippen molar-refractivity contribution in [1.29, 1.82) is 0 Å². The van der Waals surface area contributed by atoms with Gasteiger partial charge in [-0.2, -0.15) is 0 Å². The van der Waals surface area contributed by atoms with E-state index >= 15 is 0 Å². The number of methoxy groups -OCH3 is 3. The first-order valence-corrected chi connectivity index (χ1v) is 5.17. The Labute approximate surface area is 96.6 Å². The van der Waals surface area contributed by atoms with Crippen molar-refractivity contribution < 1.29 is 14.2 Å². The van der Waals surface area contributed by atoms with E-state index in [4.69, 9.17) is 14.2 Å². The summed E-state index contributed by atoms with van der Waals surface area (Å²) in [6.07, 6.45) is 4.90. The predicted octanol–water partition coefficient (Wildman–Crippen LogP) is 2.83. The highest BCUT2D eigenvalue weighted by Gasteiger charge is 2.14. The van der Waals surface area contributed by atoms with Gasteiger partial charge in [-0.1, -0.05) is 18.2 Å². The van der Waals surface area contributed by atoms with E-state index < -0.39 is 0 Å². The van der Waals surface area contributed by atoms with E-state index in [1.165, 1.54) is 0 Å². The van der Waals surface area contributed by atoms with Crippen LogP contribution in [0.5, 0.6) is 17.2 Å². The van der Waals surface area contributed by atoms with Gasteiger partial charge in [0.05, 0.1) is 21.3 Å². The fraction of sp³-hybridized carbons (Fsp3) is 0.385. The molecule has 0 aliphatic heterocycles. The molecule has 1 aromatic rings. The molecule has 0 aliphatic rings. The van der Waals surface area contributed by atoms with E-state index in [9.17, 15) is 0 Å². The Morgan fingerprint density at radius 3 is 2.19 bits per heavy atom. The van der Waals surface area contributed by atoms with E-state index in [2.05, 4.69) is 6.08 Å². The van der Waals surface area contributed by atoms with Crippen LogP contribution in [0.3, 0.4) is 0 Å². The zero-order chi connectivity index (χ0) is 12.0. The number of benzene rings is 1. The molecule has 16 heavy (non-hydrogen) atoms. The molecule has 0 aromatic heterocycles. The van der Waals surface area contributed by atoms with Crippen molar-refractivity contribution in [2.45, 2.75) is 13.3 Å². The molecular weight excluding hydrogens is 204 g/mol. The first-order chi connectivity index (χ1) is 7.78. The largest absolute Gasteiger partial charge is 0.493 e. The van der Waals surface area contributed by atoms with Gasteiger partial charge in [-0.15, -0.1) is 0 Å². The average molecular weight is 222 g/mol. The number of allylic oxidation sites excluding steroid dienone is 2. The molecule has 0 amide bonds. The van der Waals surface area contributed by atoms with Crippen LogP contribution in [0.1, 0.15) is 12.5 Å². The molecule has 0 unspecified atom stereocenters. The van der Waals surface area contributed by atoms with Crippen LogP contribution in [0.2, 0.25) is 0 Å². The number of hydrogen-bond donors (Lipinski definition) is 0. The highest BCUT2D eigenvalue weighted by Crippen LogP contribution is 2.39. The Hall–Kier alpha value is -1.64. The Morgan fingerprint density at radius 1 is 1.00 bits per heavy atom. The topological polar surface area (TPSA) is 27.7 Å². The quantitative estimate of drug-likeness (QED) is 0.717. The molecule has 88 valence electrons. The lowest BCUT2D eigenvalue weighted by molar-refractivity contribution is 0.322. The molecule has 0 N–H and O–H groups in total. The third kappa shape index (κ3) is 2.48. The third-order valence-corrected chi connectivity index (χ3v) is 2.36. The van der Waals surface area contributed by atoms with Gasteiger partial charge in [0.2, 0.25) is 5.75 Å². The highest BCUT2D eigenvalue weighted by molar-refractivity contribution is 5.56. The van der Waals surface area contributed by atoms with E-state index in [0.717, 1.165) is 17.7 Å². The molecule has 0 saturated heterocycles. The molecule has 0 atom stereocenters. The lowest BCUT2D eigenvalue weighted by Crippen LogP contribution is -1.98. The summed E-state index contributed by atoms with van der Waals surface area (Å²) in [6, 6.07) is 3.88. The van der Waals surface area contributed by atoms with E-state index in [1.54, 1.807) is 21.3 Å². The maximum atomic E-state index is 5.37. The lowest BCUT2D eigenvalue weighted by Gasteiger charge is -2.14. The standard InChI is InChI=1S/C13H18O3/c1-5-6-7-10-8-9-11(14-2)13(16-4)12(10)15-3/h5-6,8-9H,7H2,1-4H3. The fourth-order valence-electron chi connectivity index (χ4n) is 1.57. The molecular formula is C13H18O3. The van der Waals surface area contributed by atoms with Crippen molar-refractivity contribution in [3.05, 3.63) is 29.8 Å². The van der Waals surface area contributed by atoms with Crippen LogP contribution < -0.4 is 14.2 Å². The first kappa shape index (κ1) is 12.4. The van der Waals surface area contributed by atoms with Crippen LogP contribution in [0, 0.1) is 0 Å². The molecule has 0 aliphatic carbocycles. The van der Waals surface area contributed by atoms with Crippen molar-refractivity contribution in [3.63, 3.8) is 0 Å². The number of rotatable bonds is 5. The molecule has 3 heteroatoms. The molecule has 0 radical (unpaired) electrons. The molecule has 0 fully saturated rings. The maximum Gasteiger partial charge on any atom is 0.203 e. The van der Waals surface area contributed by atoms with Crippen LogP contribution in [0.4, 0.5) is 0 Å². The first-order valence-electron chi connectivity index (χ1n) is 5.17. The Balaban J connectivity index is 3.19. The van der Waals surface area contributed by atoms with Gasteiger partial charge in [-0.3, -0.25) is 0 Å². The van der Waals surface area contributed by atoms with E-state index in [1.807, 2.05) is 25.1 Å². The van der Waals surface area contributed by atoms with Gasteiger partial charge in [0, 0.05) is 5.56 Å². The second kappa shape index (κ2) is 6.05. The molecule has 0 saturated carbocycles. The summed E-state index contributed by atoms with van der Waals surface area (Å²) in [5, 5.41) is 0. The predicted molar refractivity (Wildman–Crippen MR) is 64.6 cm³/mol. The van der Waals surface area contributed by atoms with Gasteiger partial charge in [-0.25, -0.2) is 0 Å². The van der Waals surface area contributed by atoms with Crippen molar-refractivity contribution in [2.24, 2.45) is 0 Å². The summed E-state index contributed by atoms with van der Waals surface area (Å²) >= 11 is 0.